The van der Waals surface area contributed by atoms with E-state index in [4.69, 9.17) is 9.40 Å². The maximum Gasteiger partial charge on any atom is 0.166 e. The van der Waals surface area contributed by atoms with Crippen molar-refractivity contribution in [1.29, 1.82) is 0 Å². The van der Waals surface area contributed by atoms with E-state index < -0.39 is 0 Å². The number of nitrogens with zero attached hydrogens (tertiary/aromatic N) is 4. The highest BCUT2D eigenvalue weighted by Gasteiger charge is 2.31. The van der Waals surface area contributed by atoms with Gasteiger partial charge in [0.25, 0.3) is 0 Å². The number of aliphatic hydroxyl groups is 1. The van der Waals surface area contributed by atoms with E-state index in [1.54, 1.807) is 25.1 Å². The molecule has 2 atom stereocenters. The smallest absolute Gasteiger partial charge is 0.166 e. The number of imidazole rings is 1. The van der Waals surface area contributed by atoms with Crippen molar-refractivity contribution in [3.05, 3.63) is 55.4 Å². The van der Waals surface area contributed by atoms with E-state index in [2.05, 4.69) is 22.2 Å². The van der Waals surface area contributed by atoms with Crippen LogP contribution in [0.15, 0.2) is 59.8 Å². The fourth-order valence-corrected chi connectivity index (χ4v) is 4.16. The molecule has 4 aromatic rings. The largest absolute Gasteiger partial charge is 0.472 e. The van der Waals surface area contributed by atoms with Crippen molar-refractivity contribution < 1.29 is 9.52 Å². The SMILES string of the molecule is C[C@@]1(Nc2ccc3ncn(-c4ccnc(-c5ccoc5)c4)c3n2)CCC[C@@H](O)C1. The molecule has 0 radical (unpaired) electrons. The lowest BCUT2D eigenvalue weighted by atomic mass is 9.81. The monoisotopic (exact) mass is 389 g/mol. The van der Waals surface area contributed by atoms with Crippen LogP contribution in [0.1, 0.15) is 32.6 Å². The van der Waals surface area contributed by atoms with Gasteiger partial charge in [0.1, 0.15) is 17.7 Å². The molecule has 4 heterocycles. The van der Waals surface area contributed by atoms with E-state index >= 15 is 0 Å². The zero-order valence-corrected chi connectivity index (χ0v) is 16.2. The minimum absolute atomic E-state index is 0.158. The first-order chi connectivity index (χ1) is 14.1. The van der Waals surface area contributed by atoms with Crippen molar-refractivity contribution in [2.45, 2.75) is 44.2 Å². The number of fused-ring (bicyclic) bond motifs is 1. The van der Waals surface area contributed by atoms with Crippen LogP contribution >= 0.6 is 0 Å². The van der Waals surface area contributed by atoms with Gasteiger partial charge >= 0.3 is 0 Å². The summed E-state index contributed by atoms with van der Waals surface area (Å²) in [6, 6.07) is 9.74. The number of hydrogen-bond acceptors (Lipinski definition) is 6. The van der Waals surface area contributed by atoms with Crippen LogP contribution in [0.5, 0.6) is 0 Å². The number of nitrogens with one attached hydrogen (secondary N) is 1. The Bertz CT molecular complexity index is 1140. The molecule has 148 valence electrons. The molecule has 0 amide bonds. The van der Waals surface area contributed by atoms with Gasteiger partial charge in [-0.15, -0.1) is 0 Å². The summed E-state index contributed by atoms with van der Waals surface area (Å²) in [5.41, 5.74) is 4.13. The molecular formula is C22H23N5O2. The quantitative estimate of drug-likeness (QED) is 0.544. The number of rotatable bonds is 4. The number of furan rings is 1. The van der Waals surface area contributed by atoms with Crippen LogP contribution in [-0.4, -0.2) is 36.3 Å². The Kier molecular flexibility index (Phi) is 4.32. The molecule has 1 aliphatic carbocycles. The molecule has 7 heteroatoms. The van der Waals surface area contributed by atoms with Gasteiger partial charge in [-0.2, -0.15) is 0 Å². The van der Waals surface area contributed by atoms with Crippen molar-refractivity contribution in [3.63, 3.8) is 0 Å². The topological polar surface area (TPSA) is 89.0 Å². The van der Waals surface area contributed by atoms with Crippen LogP contribution < -0.4 is 5.32 Å². The summed E-state index contributed by atoms with van der Waals surface area (Å²) in [4.78, 5) is 13.8. The van der Waals surface area contributed by atoms with Gasteiger partial charge < -0.3 is 14.8 Å². The molecule has 0 aliphatic heterocycles. The zero-order chi connectivity index (χ0) is 19.8. The normalized spacial score (nSPS) is 22.1. The van der Waals surface area contributed by atoms with Gasteiger partial charge in [0.05, 0.1) is 30.0 Å². The number of hydrogen-bond donors (Lipinski definition) is 2. The van der Waals surface area contributed by atoms with Crippen molar-refractivity contribution in [3.8, 4) is 16.9 Å². The van der Waals surface area contributed by atoms with E-state index in [1.807, 2.05) is 34.9 Å². The molecular weight excluding hydrogens is 366 g/mol. The molecule has 1 fully saturated rings. The van der Waals surface area contributed by atoms with Crippen LogP contribution in [0.25, 0.3) is 28.1 Å². The Morgan fingerprint density at radius 3 is 3.00 bits per heavy atom. The highest BCUT2D eigenvalue weighted by molar-refractivity contribution is 5.76. The second-order valence-corrected chi connectivity index (χ2v) is 8.00. The number of aliphatic hydroxyl groups excluding tert-OH is 1. The molecule has 0 spiro atoms. The Balaban J connectivity index is 1.50. The Morgan fingerprint density at radius 2 is 2.17 bits per heavy atom. The lowest BCUT2D eigenvalue weighted by molar-refractivity contribution is 0.100. The minimum atomic E-state index is -0.256. The van der Waals surface area contributed by atoms with Crippen LogP contribution in [0.3, 0.4) is 0 Å². The Labute approximate surface area is 168 Å². The van der Waals surface area contributed by atoms with Gasteiger partial charge in [-0.3, -0.25) is 9.55 Å². The highest BCUT2D eigenvalue weighted by Crippen LogP contribution is 2.31. The van der Waals surface area contributed by atoms with Crippen LogP contribution in [0.4, 0.5) is 5.82 Å². The fourth-order valence-electron chi connectivity index (χ4n) is 4.16. The molecule has 0 saturated heterocycles. The van der Waals surface area contributed by atoms with E-state index in [9.17, 15) is 5.11 Å². The summed E-state index contributed by atoms with van der Waals surface area (Å²) in [6.07, 6.45) is 10.2. The first-order valence-corrected chi connectivity index (χ1v) is 9.89. The van der Waals surface area contributed by atoms with E-state index in [1.165, 1.54) is 0 Å². The van der Waals surface area contributed by atoms with Gasteiger partial charge in [-0.05, 0) is 62.9 Å². The third-order valence-electron chi connectivity index (χ3n) is 5.62. The minimum Gasteiger partial charge on any atom is -0.472 e. The highest BCUT2D eigenvalue weighted by atomic mass is 16.3. The Hall–Kier alpha value is -3.19. The van der Waals surface area contributed by atoms with Gasteiger partial charge in [-0.1, -0.05) is 0 Å². The maximum absolute atomic E-state index is 10.1. The summed E-state index contributed by atoms with van der Waals surface area (Å²) < 4.78 is 7.14. The molecule has 29 heavy (non-hydrogen) atoms. The van der Waals surface area contributed by atoms with E-state index in [0.29, 0.717) is 0 Å². The van der Waals surface area contributed by atoms with Crippen molar-refractivity contribution in [1.82, 2.24) is 19.5 Å². The second-order valence-electron chi connectivity index (χ2n) is 8.00. The third kappa shape index (κ3) is 3.49. The first kappa shape index (κ1) is 17.9. The fraction of sp³-hybridized carbons (Fsp3) is 0.318. The summed E-state index contributed by atoms with van der Waals surface area (Å²) in [7, 11) is 0. The van der Waals surface area contributed by atoms with Gasteiger partial charge in [0.15, 0.2) is 5.65 Å². The summed E-state index contributed by atoms with van der Waals surface area (Å²) >= 11 is 0. The predicted molar refractivity (Wildman–Crippen MR) is 111 cm³/mol. The van der Waals surface area contributed by atoms with Crippen LogP contribution in [0, 0.1) is 0 Å². The zero-order valence-electron chi connectivity index (χ0n) is 16.2. The van der Waals surface area contributed by atoms with Gasteiger partial charge in [-0.25, -0.2) is 9.97 Å². The molecule has 4 aromatic heterocycles. The molecule has 0 bridgehead atoms. The molecule has 2 N–H and O–H groups in total. The van der Waals surface area contributed by atoms with Crippen molar-refractivity contribution in [2.24, 2.45) is 0 Å². The second kappa shape index (κ2) is 7.00. The van der Waals surface area contributed by atoms with Gasteiger partial charge in [0, 0.05) is 17.3 Å². The number of anilines is 1. The molecule has 5 rings (SSSR count). The average molecular weight is 389 g/mol. The van der Waals surface area contributed by atoms with Crippen molar-refractivity contribution >= 4 is 17.0 Å². The number of pyridine rings is 2. The van der Waals surface area contributed by atoms with E-state index in [0.717, 1.165) is 59.6 Å². The molecule has 1 aliphatic rings. The Morgan fingerprint density at radius 1 is 1.24 bits per heavy atom. The standard InChI is InChI=1S/C22H23N5O2/c1-22(8-2-3-17(28)12-22)26-20-5-4-18-21(25-20)27(14-24-18)16-6-9-23-19(11-16)15-7-10-29-13-15/h4-7,9-11,13-14,17,28H,2-3,8,12H2,1H3,(H,25,26)/t17-,22-/m1/s1. The first-order valence-electron chi connectivity index (χ1n) is 9.89. The third-order valence-corrected chi connectivity index (χ3v) is 5.62. The lowest BCUT2D eigenvalue weighted by Gasteiger charge is -2.37. The summed E-state index contributed by atoms with van der Waals surface area (Å²) in [5.74, 6) is 0.792. The molecule has 0 unspecified atom stereocenters. The molecule has 0 aromatic carbocycles. The maximum atomic E-state index is 10.1. The van der Waals surface area contributed by atoms with Crippen molar-refractivity contribution in [2.75, 3.05) is 5.32 Å². The van der Waals surface area contributed by atoms with E-state index in [-0.39, 0.29) is 11.6 Å². The number of aromatic nitrogens is 4. The molecule has 7 nitrogen and oxygen atoms in total. The van der Waals surface area contributed by atoms with Gasteiger partial charge in [0.2, 0.25) is 0 Å². The van der Waals surface area contributed by atoms with Crippen LogP contribution in [0.2, 0.25) is 0 Å². The molecule has 1 saturated carbocycles. The summed E-state index contributed by atoms with van der Waals surface area (Å²) in [6.45, 7) is 2.15. The van der Waals surface area contributed by atoms with Crippen LogP contribution in [-0.2, 0) is 0 Å². The predicted octanol–water partition coefficient (Wildman–Crippen LogP) is 4.18. The lowest BCUT2D eigenvalue weighted by Crippen LogP contribution is -2.41. The summed E-state index contributed by atoms with van der Waals surface area (Å²) in [5, 5.41) is 13.6. The average Bonchev–Trinajstić information content (AvgIpc) is 3.37.